The van der Waals surface area contributed by atoms with Crippen molar-refractivity contribution >= 4 is 17.7 Å². The van der Waals surface area contributed by atoms with E-state index in [1.54, 1.807) is 0 Å². The number of carbonyl (C=O) groups excluding carboxylic acids is 3. The van der Waals surface area contributed by atoms with Crippen molar-refractivity contribution in [2.24, 2.45) is 23.5 Å². The monoisotopic (exact) mass is 507 g/mol. The highest BCUT2D eigenvalue weighted by molar-refractivity contribution is 5.91. The largest absolute Gasteiger partial charge is 0.457 e. The number of primary amides is 1. The van der Waals surface area contributed by atoms with Crippen LogP contribution in [0.2, 0.25) is 0 Å². The van der Waals surface area contributed by atoms with Gasteiger partial charge in [0.25, 0.3) is 0 Å². The van der Waals surface area contributed by atoms with Gasteiger partial charge in [-0.15, -0.1) is 0 Å². The van der Waals surface area contributed by atoms with E-state index in [9.17, 15) is 14.4 Å². The molecule has 2 aromatic rings. The third-order valence-corrected chi connectivity index (χ3v) is 6.86. The van der Waals surface area contributed by atoms with Crippen molar-refractivity contribution in [3.63, 3.8) is 0 Å². The second-order valence-electron chi connectivity index (χ2n) is 10.4. The van der Waals surface area contributed by atoms with Crippen LogP contribution in [0.1, 0.15) is 64.9 Å². The van der Waals surface area contributed by atoms with Gasteiger partial charge in [0, 0.05) is 24.9 Å². The molecule has 7 nitrogen and oxygen atoms in total. The summed E-state index contributed by atoms with van der Waals surface area (Å²) in [6.07, 6.45) is 4.17. The molecule has 0 aliphatic carbocycles. The summed E-state index contributed by atoms with van der Waals surface area (Å²) >= 11 is 0. The van der Waals surface area contributed by atoms with E-state index in [2.05, 4.69) is 5.32 Å². The van der Waals surface area contributed by atoms with Crippen molar-refractivity contribution in [1.82, 2.24) is 10.2 Å². The number of rotatable bonds is 12. The van der Waals surface area contributed by atoms with Crippen LogP contribution in [0.3, 0.4) is 0 Å². The molecule has 3 amide bonds. The zero-order valence-corrected chi connectivity index (χ0v) is 22.3. The first-order valence-corrected chi connectivity index (χ1v) is 13.5. The van der Waals surface area contributed by atoms with Crippen LogP contribution in [0, 0.1) is 17.8 Å². The van der Waals surface area contributed by atoms with E-state index in [1.165, 1.54) is 0 Å². The van der Waals surface area contributed by atoms with Gasteiger partial charge < -0.3 is 20.7 Å². The van der Waals surface area contributed by atoms with Gasteiger partial charge in [-0.25, -0.2) is 0 Å². The van der Waals surface area contributed by atoms with Gasteiger partial charge in [0.15, 0.2) is 0 Å². The first-order chi connectivity index (χ1) is 17.8. The molecule has 0 aromatic heterocycles. The third-order valence-electron chi connectivity index (χ3n) is 6.86. The van der Waals surface area contributed by atoms with Crippen molar-refractivity contribution in [3.8, 4) is 11.5 Å². The summed E-state index contributed by atoms with van der Waals surface area (Å²) in [6, 6.07) is 16.7. The van der Waals surface area contributed by atoms with E-state index >= 15 is 0 Å². The second-order valence-corrected chi connectivity index (χ2v) is 10.4. The van der Waals surface area contributed by atoms with Crippen LogP contribution in [0.15, 0.2) is 54.6 Å². The van der Waals surface area contributed by atoms with Crippen LogP contribution in [0.25, 0.3) is 0 Å². The molecule has 37 heavy (non-hydrogen) atoms. The zero-order valence-electron chi connectivity index (χ0n) is 22.3. The van der Waals surface area contributed by atoms with Gasteiger partial charge in [-0.05, 0) is 67.9 Å². The van der Waals surface area contributed by atoms with Crippen molar-refractivity contribution in [2.45, 2.75) is 71.9 Å². The highest BCUT2D eigenvalue weighted by Gasteiger charge is 2.35. The number of benzene rings is 2. The van der Waals surface area contributed by atoms with Gasteiger partial charge in [-0.1, -0.05) is 57.5 Å². The Hall–Kier alpha value is -3.35. The van der Waals surface area contributed by atoms with Crippen LogP contribution in [-0.2, 0) is 20.9 Å². The smallest absolute Gasteiger partial charge is 0.245 e. The third kappa shape index (κ3) is 8.34. The molecule has 7 heteroatoms. The van der Waals surface area contributed by atoms with E-state index in [4.69, 9.17) is 10.5 Å². The summed E-state index contributed by atoms with van der Waals surface area (Å²) in [6.45, 7) is 7.09. The lowest BCUT2D eigenvalue weighted by molar-refractivity contribution is -0.139. The molecule has 200 valence electrons. The standard InChI is InChI=1S/C30H41N3O4/c1-4-11-25(26(28(31)34)18-21(2)3)29(35)32-27-16-8-9-17-33(30(27)36)20-22-12-10-15-24(19-22)37-23-13-6-5-7-14-23/h5-7,10,12-15,19,21,25-27H,4,8-9,11,16-18,20H2,1-3H3,(H2,31,34)(H,32,35)/t25-,26-,27-/m0/s1. The summed E-state index contributed by atoms with van der Waals surface area (Å²) in [5.74, 6) is -0.150. The summed E-state index contributed by atoms with van der Waals surface area (Å²) in [4.78, 5) is 40.9. The predicted octanol–water partition coefficient (Wildman–Crippen LogP) is 5.04. The predicted molar refractivity (Wildman–Crippen MR) is 145 cm³/mol. The SMILES string of the molecule is CCC[C@H](C(=O)N[C@H]1CCCCN(Cc2cccc(Oc3ccccc3)c2)C1=O)[C@H](CC(C)C)C(N)=O. The Balaban J connectivity index is 1.70. The molecule has 0 radical (unpaired) electrons. The molecular formula is C30H41N3O4. The molecule has 3 N–H and O–H groups in total. The fourth-order valence-electron chi connectivity index (χ4n) is 5.04. The molecule has 1 saturated heterocycles. The minimum absolute atomic E-state index is 0.0880. The summed E-state index contributed by atoms with van der Waals surface area (Å²) in [5, 5.41) is 3.00. The highest BCUT2D eigenvalue weighted by Crippen LogP contribution is 2.27. The van der Waals surface area contributed by atoms with Gasteiger partial charge in [0.05, 0.1) is 0 Å². The second kappa shape index (κ2) is 13.8. The number of carbonyl (C=O) groups is 3. The topological polar surface area (TPSA) is 102 Å². The average Bonchev–Trinajstić information content (AvgIpc) is 3.03. The Morgan fingerprint density at radius 3 is 2.46 bits per heavy atom. The lowest BCUT2D eigenvalue weighted by atomic mass is 9.81. The molecular weight excluding hydrogens is 466 g/mol. The first-order valence-electron chi connectivity index (χ1n) is 13.5. The highest BCUT2D eigenvalue weighted by atomic mass is 16.5. The molecule has 0 bridgehead atoms. The molecule has 1 fully saturated rings. The van der Waals surface area contributed by atoms with Crippen molar-refractivity contribution < 1.29 is 19.1 Å². The fourth-order valence-corrected chi connectivity index (χ4v) is 5.04. The van der Waals surface area contributed by atoms with Gasteiger partial charge in [0.2, 0.25) is 17.7 Å². The Morgan fingerprint density at radius 2 is 1.78 bits per heavy atom. The number of nitrogens with two attached hydrogens (primary N) is 1. The number of para-hydroxylation sites is 1. The van der Waals surface area contributed by atoms with Crippen molar-refractivity contribution in [1.29, 1.82) is 0 Å². The van der Waals surface area contributed by atoms with Crippen LogP contribution in [0.5, 0.6) is 11.5 Å². The Kier molecular flexibility index (Phi) is 10.5. The van der Waals surface area contributed by atoms with Crippen molar-refractivity contribution in [2.75, 3.05) is 6.54 Å². The zero-order chi connectivity index (χ0) is 26.8. The molecule has 3 rings (SSSR count). The number of hydrogen-bond acceptors (Lipinski definition) is 4. The summed E-state index contributed by atoms with van der Waals surface area (Å²) in [5.41, 5.74) is 6.67. The average molecular weight is 508 g/mol. The van der Waals surface area contributed by atoms with Crippen LogP contribution in [-0.4, -0.2) is 35.2 Å². The van der Waals surface area contributed by atoms with Crippen LogP contribution >= 0.6 is 0 Å². The summed E-state index contributed by atoms with van der Waals surface area (Å²) in [7, 11) is 0. The van der Waals surface area contributed by atoms with Crippen LogP contribution < -0.4 is 15.8 Å². The molecule has 0 unspecified atom stereocenters. The minimum Gasteiger partial charge on any atom is -0.457 e. The Labute approximate surface area is 220 Å². The number of nitrogens with zero attached hydrogens (tertiary/aromatic N) is 1. The molecule has 3 atom stereocenters. The van der Waals surface area contributed by atoms with Gasteiger partial charge in [-0.2, -0.15) is 0 Å². The quantitative estimate of drug-likeness (QED) is 0.420. The van der Waals surface area contributed by atoms with Gasteiger partial charge in [-0.3, -0.25) is 14.4 Å². The maximum atomic E-state index is 13.5. The summed E-state index contributed by atoms with van der Waals surface area (Å²) < 4.78 is 5.95. The Bertz CT molecular complexity index is 1040. The molecule has 2 aromatic carbocycles. The fraction of sp³-hybridized carbons (Fsp3) is 0.500. The lowest BCUT2D eigenvalue weighted by Crippen LogP contribution is -2.50. The maximum absolute atomic E-state index is 13.5. The van der Waals surface area contributed by atoms with Gasteiger partial charge >= 0.3 is 0 Å². The van der Waals surface area contributed by atoms with E-state index < -0.39 is 23.8 Å². The molecule has 0 spiro atoms. The number of amides is 3. The van der Waals surface area contributed by atoms with E-state index in [0.717, 1.165) is 30.6 Å². The molecule has 0 saturated carbocycles. The molecule has 1 heterocycles. The van der Waals surface area contributed by atoms with Crippen molar-refractivity contribution in [3.05, 3.63) is 60.2 Å². The molecule has 1 aliphatic rings. The van der Waals surface area contributed by atoms with Gasteiger partial charge in [0.1, 0.15) is 17.5 Å². The first kappa shape index (κ1) is 28.2. The number of ether oxygens (including phenoxy) is 1. The van der Waals surface area contributed by atoms with E-state index in [1.807, 2.05) is 80.3 Å². The number of nitrogens with one attached hydrogen (secondary N) is 1. The Morgan fingerprint density at radius 1 is 1.05 bits per heavy atom. The molecule has 1 aliphatic heterocycles. The van der Waals surface area contributed by atoms with Crippen LogP contribution in [0.4, 0.5) is 0 Å². The lowest BCUT2D eigenvalue weighted by Gasteiger charge is -2.29. The minimum atomic E-state index is -0.606. The normalized spacial score (nSPS) is 17.7. The van der Waals surface area contributed by atoms with E-state index in [-0.39, 0.29) is 17.7 Å². The van der Waals surface area contributed by atoms with E-state index in [0.29, 0.717) is 38.1 Å². The number of hydrogen-bond donors (Lipinski definition) is 2. The number of likely N-dealkylation sites (tertiary alicyclic amines) is 1. The maximum Gasteiger partial charge on any atom is 0.245 e.